The molecule has 0 unspecified atom stereocenters. The minimum atomic E-state index is -0.930. The van der Waals surface area contributed by atoms with Gasteiger partial charge in [0.2, 0.25) is 0 Å². The van der Waals surface area contributed by atoms with Gasteiger partial charge in [0.15, 0.2) is 0 Å². The lowest BCUT2D eigenvalue weighted by Gasteiger charge is -2.13. The molecular formula is C18H19Br2NO3. The quantitative estimate of drug-likeness (QED) is 0.515. The van der Waals surface area contributed by atoms with Gasteiger partial charge in [-0.3, -0.25) is 0 Å². The predicted octanol–water partition coefficient (Wildman–Crippen LogP) is 5.49. The number of hydrogen-bond donors (Lipinski definition) is 2. The molecule has 2 N–H and O–H groups in total. The second-order valence-corrected chi connectivity index (χ2v) is 7.18. The molecule has 0 bridgehead atoms. The van der Waals surface area contributed by atoms with E-state index in [4.69, 9.17) is 4.74 Å². The Labute approximate surface area is 158 Å². The molecular weight excluding hydrogens is 438 g/mol. The molecule has 128 valence electrons. The van der Waals surface area contributed by atoms with Crippen LogP contribution in [0.5, 0.6) is 5.75 Å². The van der Waals surface area contributed by atoms with Crippen molar-refractivity contribution in [3.63, 3.8) is 0 Å². The molecule has 0 atom stereocenters. The summed E-state index contributed by atoms with van der Waals surface area (Å²) in [5.74, 6) is -0.0823. The van der Waals surface area contributed by atoms with Crippen LogP contribution in [-0.4, -0.2) is 24.2 Å². The van der Waals surface area contributed by atoms with Gasteiger partial charge in [-0.05, 0) is 77.7 Å². The highest BCUT2D eigenvalue weighted by Gasteiger charge is 2.13. The fraction of sp³-hybridized carbons (Fsp3) is 0.278. The van der Waals surface area contributed by atoms with Gasteiger partial charge >= 0.3 is 5.97 Å². The van der Waals surface area contributed by atoms with Crippen molar-refractivity contribution in [3.8, 4) is 5.75 Å². The van der Waals surface area contributed by atoms with E-state index >= 15 is 0 Å². The van der Waals surface area contributed by atoms with Gasteiger partial charge in [0.05, 0.1) is 17.9 Å². The average Bonchev–Trinajstić information content (AvgIpc) is 2.53. The fourth-order valence-electron chi connectivity index (χ4n) is 2.25. The van der Waals surface area contributed by atoms with Crippen molar-refractivity contribution in [2.45, 2.75) is 19.8 Å². The van der Waals surface area contributed by atoms with Gasteiger partial charge in [-0.15, -0.1) is 0 Å². The Morgan fingerprint density at radius 2 is 1.88 bits per heavy atom. The molecule has 0 aliphatic rings. The van der Waals surface area contributed by atoms with E-state index in [9.17, 15) is 9.90 Å². The zero-order valence-corrected chi connectivity index (χ0v) is 16.5. The highest BCUT2D eigenvalue weighted by Crippen LogP contribution is 2.28. The number of aryl methyl sites for hydroxylation is 1. The van der Waals surface area contributed by atoms with Gasteiger partial charge in [-0.2, -0.15) is 0 Å². The van der Waals surface area contributed by atoms with Crippen molar-refractivity contribution in [1.29, 1.82) is 0 Å². The molecule has 0 heterocycles. The first-order chi connectivity index (χ1) is 11.5. The first kappa shape index (κ1) is 18.8. The molecule has 2 aromatic rings. The lowest BCUT2D eigenvalue weighted by atomic mass is 10.1. The van der Waals surface area contributed by atoms with Crippen LogP contribution in [0.3, 0.4) is 0 Å². The van der Waals surface area contributed by atoms with E-state index in [0.717, 1.165) is 33.1 Å². The van der Waals surface area contributed by atoms with E-state index < -0.39 is 5.97 Å². The van der Waals surface area contributed by atoms with Crippen molar-refractivity contribution in [2.75, 3.05) is 18.5 Å². The molecule has 4 nitrogen and oxygen atoms in total. The Morgan fingerprint density at radius 1 is 1.17 bits per heavy atom. The third-order valence-corrected chi connectivity index (χ3v) is 4.57. The molecule has 0 fully saturated rings. The number of hydrogen-bond acceptors (Lipinski definition) is 3. The topological polar surface area (TPSA) is 58.6 Å². The molecule has 0 spiro atoms. The van der Waals surface area contributed by atoms with Gasteiger partial charge in [0.1, 0.15) is 5.75 Å². The molecule has 0 aliphatic carbocycles. The number of carbonyl (C=O) groups is 1. The zero-order chi connectivity index (χ0) is 17.5. The summed E-state index contributed by atoms with van der Waals surface area (Å²) in [6, 6.07) is 11.3. The molecule has 2 rings (SSSR count). The summed E-state index contributed by atoms with van der Waals surface area (Å²) in [6.45, 7) is 3.19. The van der Waals surface area contributed by atoms with E-state index in [-0.39, 0.29) is 5.56 Å². The molecule has 0 amide bonds. The summed E-state index contributed by atoms with van der Waals surface area (Å²) in [6.07, 6.45) is 1.77. The van der Waals surface area contributed by atoms with Crippen LogP contribution in [0.1, 0.15) is 28.8 Å². The minimum absolute atomic E-state index is 0.285. The van der Waals surface area contributed by atoms with E-state index in [1.165, 1.54) is 0 Å². The predicted molar refractivity (Wildman–Crippen MR) is 103 cm³/mol. The summed E-state index contributed by atoms with van der Waals surface area (Å²) in [5.41, 5.74) is 1.82. The van der Waals surface area contributed by atoms with E-state index in [2.05, 4.69) is 37.2 Å². The summed E-state index contributed by atoms with van der Waals surface area (Å²) in [5, 5.41) is 12.5. The standard InChI is InChI=1S/C18H19Br2NO3/c1-12-10-15(18(22)23)17(16(20)11-12)21-8-2-3-9-24-14-6-4-13(19)5-7-14/h4-7,10-11,21H,2-3,8-9H2,1H3,(H,22,23). The third kappa shape index (κ3) is 5.53. The summed E-state index contributed by atoms with van der Waals surface area (Å²) < 4.78 is 7.46. The Balaban J connectivity index is 1.78. The minimum Gasteiger partial charge on any atom is -0.494 e. The maximum absolute atomic E-state index is 11.4. The van der Waals surface area contributed by atoms with Crippen molar-refractivity contribution < 1.29 is 14.6 Å². The van der Waals surface area contributed by atoms with Crippen LogP contribution in [0.15, 0.2) is 45.3 Å². The van der Waals surface area contributed by atoms with Crippen molar-refractivity contribution >= 4 is 43.5 Å². The number of aromatic carboxylic acids is 1. The van der Waals surface area contributed by atoms with Crippen LogP contribution in [-0.2, 0) is 0 Å². The SMILES string of the molecule is Cc1cc(Br)c(NCCCCOc2ccc(Br)cc2)c(C(=O)O)c1. The van der Waals surface area contributed by atoms with E-state index in [1.807, 2.05) is 37.3 Å². The van der Waals surface area contributed by atoms with Crippen LogP contribution >= 0.6 is 31.9 Å². The lowest BCUT2D eigenvalue weighted by molar-refractivity contribution is 0.0697. The number of rotatable bonds is 8. The monoisotopic (exact) mass is 455 g/mol. The number of nitrogens with one attached hydrogen (secondary N) is 1. The Morgan fingerprint density at radius 3 is 2.54 bits per heavy atom. The Hall–Kier alpha value is -1.53. The second-order valence-electron chi connectivity index (χ2n) is 5.41. The van der Waals surface area contributed by atoms with Crippen LogP contribution < -0.4 is 10.1 Å². The lowest BCUT2D eigenvalue weighted by Crippen LogP contribution is -2.10. The highest BCUT2D eigenvalue weighted by atomic mass is 79.9. The van der Waals surface area contributed by atoms with Gasteiger partial charge in [0, 0.05) is 15.5 Å². The van der Waals surface area contributed by atoms with Crippen molar-refractivity contribution in [1.82, 2.24) is 0 Å². The van der Waals surface area contributed by atoms with Crippen molar-refractivity contribution in [2.24, 2.45) is 0 Å². The smallest absolute Gasteiger partial charge is 0.337 e. The number of carboxylic acids is 1. The molecule has 0 saturated heterocycles. The number of benzene rings is 2. The normalized spacial score (nSPS) is 10.5. The Kier molecular flexibility index (Phi) is 7.12. The molecule has 0 aliphatic heterocycles. The third-order valence-electron chi connectivity index (χ3n) is 3.42. The van der Waals surface area contributed by atoms with Gasteiger partial charge < -0.3 is 15.2 Å². The summed E-state index contributed by atoms with van der Waals surface area (Å²) in [4.78, 5) is 11.4. The molecule has 2 aromatic carbocycles. The molecule has 0 saturated carbocycles. The van der Waals surface area contributed by atoms with E-state index in [1.54, 1.807) is 6.07 Å². The average molecular weight is 457 g/mol. The highest BCUT2D eigenvalue weighted by molar-refractivity contribution is 9.10. The van der Waals surface area contributed by atoms with E-state index in [0.29, 0.717) is 18.8 Å². The van der Waals surface area contributed by atoms with Gasteiger partial charge in [0.25, 0.3) is 0 Å². The van der Waals surface area contributed by atoms with Crippen LogP contribution in [0.2, 0.25) is 0 Å². The first-order valence-corrected chi connectivity index (χ1v) is 9.21. The maximum atomic E-state index is 11.4. The molecule has 24 heavy (non-hydrogen) atoms. The number of halogens is 2. The largest absolute Gasteiger partial charge is 0.494 e. The number of carboxylic acid groups (broad SMARTS) is 1. The van der Waals surface area contributed by atoms with Crippen LogP contribution in [0, 0.1) is 6.92 Å². The van der Waals surface area contributed by atoms with Gasteiger partial charge in [-0.25, -0.2) is 4.79 Å². The number of ether oxygens (including phenoxy) is 1. The Bertz CT molecular complexity index is 702. The molecule has 0 aromatic heterocycles. The summed E-state index contributed by atoms with van der Waals surface area (Å²) in [7, 11) is 0. The molecule has 0 radical (unpaired) electrons. The van der Waals surface area contributed by atoms with Crippen molar-refractivity contribution in [3.05, 3.63) is 56.5 Å². The zero-order valence-electron chi connectivity index (χ0n) is 13.3. The maximum Gasteiger partial charge on any atom is 0.337 e. The van der Waals surface area contributed by atoms with Crippen LogP contribution in [0.4, 0.5) is 5.69 Å². The summed E-state index contributed by atoms with van der Waals surface area (Å²) >= 11 is 6.82. The second kappa shape index (κ2) is 9.08. The first-order valence-electron chi connectivity index (χ1n) is 7.63. The number of unbranched alkanes of at least 4 members (excludes halogenated alkanes) is 1. The van der Waals surface area contributed by atoms with Crippen LogP contribution in [0.25, 0.3) is 0 Å². The number of anilines is 1. The fourth-order valence-corrected chi connectivity index (χ4v) is 3.23. The van der Waals surface area contributed by atoms with Gasteiger partial charge in [-0.1, -0.05) is 15.9 Å². The molecule has 6 heteroatoms.